The molecule has 98 valence electrons. The quantitative estimate of drug-likeness (QED) is 0.526. The fraction of sp³-hybridized carbons (Fsp3) is 0.333. The number of hydrogen-bond acceptors (Lipinski definition) is 5. The van der Waals surface area contributed by atoms with E-state index in [-0.39, 0.29) is 5.91 Å². The molecular formula is C12H17N3O3. The minimum Gasteiger partial charge on any atom is -0.465 e. The first-order valence-corrected chi connectivity index (χ1v) is 5.50. The minimum absolute atomic E-state index is 0.0717. The summed E-state index contributed by atoms with van der Waals surface area (Å²) in [5.74, 6) is -0.540. The van der Waals surface area contributed by atoms with Crippen LogP contribution in [0.4, 0.5) is 11.4 Å². The van der Waals surface area contributed by atoms with Crippen molar-refractivity contribution >= 4 is 23.3 Å². The van der Waals surface area contributed by atoms with Crippen molar-refractivity contribution < 1.29 is 14.3 Å². The van der Waals surface area contributed by atoms with Gasteiger partial charge in [-0.05, 0) is 18.2 Å². The van der Waals surface area contributed by atoms with Crippen molar-refractivity contribution in [3.05, 3.63) is 23.8 Å². The molecule has 0 aliphatic carbocycles. The first kappa shape index (κ1) is 13.8. The Balaban J connectivity index is 2.75. The van der Waals surface area contributed by atoms with E-state index in [4.69, 9.17) is 5.73 Å². The standard InChI is InChI=1S/C12H17N3O3/c1-14-11(16)5-6-15-10-4-3-8(13)7-9(10)12(17)18-2/h3-4,7,15H,5-6,13H2,1-2H3,(H,14,16). The molecule has 0 heterocycles. The van der Waals surface area contributed by atoms with Gasteiger partial charge in [0.05, 0.1) is 12.7 Å². The first-order valence-electron chi connectivity index (χ1n) is 5.50. The van der Waals surface area contributed by atoms with Crippen molar-refractivity contribution in [3.8, 4) is 0 Å². The molecule has 0 fully saturated rings. The second-order valence-corrected chi connectivity index (χ2v) is 3.65. The van der Waals surface area contributed by atoms with Crippen LogP contribution in [-0.2, 0) is 9.53 Å². The number of anilines is 2. The molecule has 0 atom stereocenters. The first-order chi connectivity index (χ1) is 8.58. The van der Waals surface area contributed by atoms with Crippen LogP contribution in [0.25, 0.3) is 0 Å². The molecule has 0 saturated heterocycles. The van der Waals surface area contributed by atoms with Crippen LogP contribution in [0.3, 0.4) is 0 Å². The number of carbonyl (C=O) groups is 2. The van der Waals surface area contributed by atoms with E-state index in [0.717, 1.165) is 0 Å². The van der Waals surface area contributed by atoms with Crippen LogP contribution in [0, 0.1) is 0 Å². The number of hydrogen-bond donors (Lipinski definition) is 3. The molecule has 1 aromatic rings. The number of amides is 1. The van der Waals surface area contributed by atoms with E-state index in [1.165, 1.54) is 13.2 Å². The molecule has 0 aromatic heterocycles. The number of nitrogen functional groups attached to an aromatic ring is 1. The third kappa shape index (κ3) is 3.65. The molecule has 0 aliphatic rings. The molecule has 6 heteroatoms. The molecule has 0 saturated carbocycles. The SMILES string of the molecule is CNC(=O)CCNc1ccc(N)cc1C(=O)OC. The summed E-state index contributed by atoms with van der Waals surface area (Å²) < 4.78 is 4.67. The lowest BCUT2D eigenvalue weighted by Crippen LogP contribution is -2.21. The van der Waals surface area contributed by atoms with Crippen molar-refractivity contribution in [1.29, 1.82) is 0 Å². The largest absolute Gasteiger partial charge is 0.465 e. The summed E-state index contributed by atoms with van der Waals surface area (Å²) in [5, 5.41) is 5.52. The highest BCUT2D eigenvalue weighted by Gasteiger charge is 2.12. The number of carbonyl (C=O) groups excluding carboxylic acids is 2. The van der Waals surface area contributed by atoms with Gasteiger partial charge in [-0.15, -0.1) is 0 Å². The van der Waals surface area contributed by atoms with E-state index in [0.29, 0.717) is 29.9 Å². The lowest BCUT2D eigenvalue weighted by Gasteiger charge is -2.11. The average molecular weight is 251 g/mol. The molecule has 0 spiro atoms. The van der Waals surface area contributed by atoms with Gasteiger partial charge in [-0.1, -0.05) is 0 Å². The maximum Gasteiger partial charge on any atom is 0.340 e. The number of ether oxygens (including phenoxy) is 1. The van der Waals surface area contributed by atoms with Crippen LogP contribution in [-0.4, -0.2) is 32.6 Å². The second kappa shape index (κ2) is 6.48. The molecule has 0 unspecified atom stereocenters. The summed E-state index contributed by atoms with van der Waals surface area (Å²) in [5.41, 5.74) is 7.05. The smallest absolute Gasteiger partial charge is 0.340 e. The van der Waals surface area contributed by atoms with E-state index >= 15 is 0 Å². The van der Waals surface area contributed by atoms with E-state index in [9.17, 15) is 9.59 Å². The minimum atomic E-state index is -0.468. The van der Waals surface area contributed by atoms with Crippen molar-refractivity contribution in [3.63, 3.8) is 0 Å². The van der Waals surface area contributed by atoms with Crippen LogP contribution >= 0.6 is 0 Å². The van der Waals surface area contributed by atoms with Crippen molar-refractivity contribution in [2.75, 3.05) is 31.8 Å². The number of esters is 1. The predicted molar refractivity (Wildman–Crippen MR) is 69.4 cm³/mol. The number of nitrogens with two attached hydrogens (primary N) is 1. The van der Waals surface area contributed by atoms with Gasteiger partial charge in [0, 0.05) is 31.4 Å². The van der Waals surface area contributed by atoms with Gasteiger partial charge in [-0.3, -0.25) is 4.79 Å². The summed E-state index contributed by atoms with van der Waals surface area (Å²) >= 11 is 0. The molecule has 0 radical (unpaired) electrons. The summed E-state index contributed by atoms with van der Waals surface area (Å²) in [6, 6.07) is 4.90. The summed E-state index contributed by atoms with van der Waals surface area (Å²) in [6.45, 7) is 0.424. The van der Waals surface area contributed by atoms with Gasteiger partial charge in [-0.2, -0.15) is 0 Å². The molecule has 0 aliphatic heterocycles. The Labute approximate surface area is 105 Å². The van der Waals surface area contributed by atoms with Gasteiger partial charge < -0.3 is 21.1 Å². The zero-order valence-electron chi connectivity index (χ0n) is 10.4. The zero-order chi connectivity index (χ0) is 13.5. The normalized spacial score (nSPS) is 9.67. The summed E-state index contributed by atoms with van der Waals surface area (Å²) in [7, 11) is 2.88. The van der Waals surface area contributed by atoms with Crippen molar-refractivity contribution in [2.24, 2.45) is 0 Å². The molecule has 0 bridgehead atoms. The number of rotatable bonds is 5. The number of methoxy groups -OCH3 is 1. The number of benzene rings is 1. The van der Waals surface area contributed by atoms with E-state index in [1.54, 1.807) is 19.2 Å². The topological polar surface area (TPSA) is 93.5 Å². The van der Waals surface area contributed by atoms with Gasteiger partial charge in [0.15, 0.2) is 0 Å². The lowest BCUT2D eigenvalue weighted by molar-refractivity contribution is -0.120. The molecule has 1 amide bonds. The highest BCUT2D eigenvalue weighted by molar-refractivity contribution is 5.96. The summed E-state index contributed by atoms with van der Waals surface area (Å²) in [4.78, 5) is 22.6. The van der Waals surface area contributed by atoms with E-state index < -0.39 is 5.97 Å². The van der Waals surface area contributed by atoms with Crippen molar-refractivity contribution in [1.82, 2.24) is 5.32 Å². The average Bonchev–Trinajstić information content (AvgIpc) is 2.39. The Morgan fingerprint density at radius 1 is 1.39 bits per heavy atom. The third-order valence-electron chi connectivity index (χ3n) is 2.40. The Morgan fingerprint density at radius 2 is 2.11 bits per heavy atom. The van der Waals surface area contributed by atoms with Gasteiger partial charge in [0.2, 0.25) is 5.91 Å². The maximum atomic E-state index is 11.5. The Morgan fingerprint density at radius 3 is 2.72 bits per heavy atom. The molecule has 1 aromatic carbocycles. The fourth-order valence-electron chi connectivity index (χ4n) is 1.43. The molecule has 6 nitrogen and oxygen atoms in total. The van der Waals surface area contributed by atoms with Crippen LogP contribution in [0.5, 0.6) is 0 Å². The van der Waals surface area contributed by atoms with Gasteiger partial charge in [0.1, 0.15) is 0 Å². The Kier molecular flexibility index (Phi) is 4.98. The van der Waals surface area contributed by atoms with Crippen LogP contribution in [0.1, 0.15) is 16.8 Å². The lowest BCUT2D eigenvalue weighted by atomic mass is 10.1. The zero-order valence-corrected chi connectivity index (χ0v) is 10.4. The van der Waals surface area contributed by atoms with Gasteiger partial charge in [0.25, 0.3) is 0 Å². The van der Waals surface area contributed by atoms with Crippen molar-refractivity contribution in [2.45, 2.75) is 6.42 Å². The van der Waals surface area contributed by atoms with Crippen LogP contribution < -0.4 is 16.4 Å². The van der Waals surface area contributed by atoms with E-state index in [2.05, 4.69) is 15.4 Å². The van der Waals surface area contributed by atoms with Crippen LogP contribution in [0.2, 0.25) is 0 Å². The van der Waals surface area contributed by atoms with E-state index in [1.807, 2.05) is 0 Å². The monoisotopic (exact) mass is 251 g/mol. The Bertz CT molecular complexity index is 446. The molecule has 1 rings (SSSR count). The van der Waals surface area contributed by atoms with Gasteiger partial charge in [-0.25, -0.2) is 4.79 Å². The predicted octanol–water partition coefficient (Wildman–Crippen LogP) is 0.603. The molecule has 4 N–H and O–H groups in total. The fourth-order valence-corrected chi connectivity index (χ4v) is 1.43. The third-order valence-corrected chi connectivity index (χ3v) is 2.40. The highest BCUT2D eigenvalue weighted by atomic mass is 16.5. The summed E-state index contributed by atoms with van der Waals surface area (Å²) in [6.07, 6.45) is 0.321. The Hall–Kier alpha value is -2.24. The molecular weight excluding hydrogens is 234 g/mol. The number of nitrogens with one attached hydrogen (secondary N) is 2. The highest BCUT2D eigenvalue weighted by Crippen LogP contribution is 2.19. The van der Waals surface area contributed by atoms with Crippen LogP contribution in [0.15, 0.2) is 18.2 Å². The van der Waals surface area contributed by atoms with Gasteiger partial charge >= 0.3 is 5.97 Å². The molecule has 18 heavy (non-hydrogen) atoms. The maximum absolute atomic E-state index is 11.5. The second-order valence-electron chi connectivity index (χ2n) is 3.65.